The number of ether oxygens (including phenoxy) is 2. The Morgan fingerprint density at radius 2 is 1.83 bits per heavy atom. The molecule has 0 N–H and O–H groups in total. The molecule has 0 aliphatic carbocycles. The van der Waals surface area contributed by atoms with Crippen molar-refractivity contribution in [2.75, 3.05) is 6.54 Å². The summed E-state index contributed by atoms with van der Waals surface area (Å²) in [4.78, 5) is 13.9. The van der Waals surface area contributed by atoms with Crippen molar-refractivity contribution in [2.45, 2.75) is 6.23 Å². The number of rotatable bonds is 3. The van der Waals surface area contributed by atoms with Crippen LogP contribution in [0.1, 0.15) is 5.56 Å². The highest BCUT2D eigenvalue weighted by atomic mass is 16.5. The smallest absolute Gasteiger partial charge is 0.253 e. The van der Waals surface area contributed by atoms with Gasteiger partial charge in [0.2, 0.25) is 0 Å². The maximum atomic E-state index is 12.2. The highest BCUT2D eigenvalue weighted by molar-refractivity contribution is 5.91. The van der Waals surface area contributed by atoms with E-state index in [4.69, 9.17) is 9.47 Å². The summed E-state index contributed by atoms with van der Waals surface area (Å²) in [5.74, 6) is 2.02. The van der Waals surface area contributed by atoms with Crippen LogP contribution in [0.4, 0.5) is 0 Å². The summed E-state index contributed by atoms with van der Waals surface area (Å²) >= 11 is 0. The van der Waals surface area contributed by atoms with Gasteiger partial charge in [-0.05, 0) is 30.4 Å². The molecule has 4 rings (SSSR count). The Morgan fingerprint density at radius 1 is 1.04 bits per heavy atom. The predicted molar refractivity (Wildman–Crippen MR) is 86.8 cm³/mol. The van der Waals surface area contributed by atoms with Gasteiger partial charge in [-0.2, -0.15) is 0 Å². The predicted octanol–water partition coefficient (Wildman–Crippen LogP) is 3.22. The molecule has 1 unspecified atom stereocenters. The van der Waals surface area contributed by atoms with Crippen LogP contribution in [-0.4, -0.2) is 23.6 Å². The number of carbonyl (C=O) groups excluding carboxylic acids is 1. The second-order valence-corrected chi connectivity index (χ2v) is 5.40. The summed E-state index contributed by atoms with van der Waals surface area (Å²) < 4.78 is 11.7. The molecule has 2 heterocycles. The second kappa shape index (κ2) is 5.65. The van der Waals surface area contributed by atoms with E-state index in [0.29, 0.717) is 12.3 Å². The van der Waals surface area contributed by atoms with Crippen LogP contribution in [0.25, 0.3) is 6.08 Å². The van der Waals surface area contributed by atoms with Gasteiger partial charge in [0.25, 0.3) is 5.91 Å². The molecule has 0 saturated heterocycles. The van der Waals surface area contributed by atoms with Gasteiger partial charge in [0.05, 0.1) is 6.54 Å². The summed E-state index contributed by atoms with van der Waals surface area (Å²) in [6, 6.07) is 17.2. The minimum absolute atomic E-state index is 0.107. The lowest BCUT2D eigenvalue weighted by atomic mass is 10.1. The first-order valence-electron chi connectivity index (χ1n) is 7.47. The minimum Gasteiger partial charge on any atom is -0.466 e. The second-order valence-electron chi connectivity index (χ2n) is 5.40. The van der Waals surface area contributed by atoms with E-state index in [1.807, 2.05) is 66.7 Å². The van der Waals surface area contributed by atoms with Gasteiger partial charge in [0.1, 0.15) is 17.3 Å². The van der Waals surface area contributed by atoms with Crippen LogP contribution in [0.3, 0.4) is 0 Å². The van der Waals surface area contributed by atoms with Gasteiger partial charge in [-0.1, -0.05) is 36.4 Å². The zero-order valence-electron chi connectivity index (χ0n) is 12.4. The third-order valence-corrected chi connectivity index (χ3v) is 3.80. The van der Waals surface area contributed by atoms with Crippen LogP contribution >= 0.6 is 0 Å². The lowest BCUT2D eigenvalue weighted by molar-refractivity contribution is -0.130. The maximum Gasteiger partial charge on any atom is 0.253 e. The molecule has 0 radical (unpaired) electrons. The highest BCUT2D eigenvalue weighted by Gasteiger charge is 2.31. The summed E-state index contributed by atoms with van der Waals surface area (Å²) in [7, 11) is 0. The Labute approximate surface area is 134 Å². The Balaban J connectivity index is 1.47. The molecule has 2 aliphatic rings. The fourth-order valence-corrected chi connectivity index (χ4v) is 2.68. The maximum absolute atomic E-state index is 12.2. The van der Waals surface area contributed by atoms with E-state index < -0.39 is 6.23 Å². The first-order valence-corrected chi connectivity index (χ1v) is 7.47. The highest BCUT2D eigenvalue weighted by Crippen LogP contribution is 2.28. The number of hydrogen-bond acceptors (Lipinski definition) is 3. The average molecular weight is 305 g/mol. The molecular weight excluding hydrogens is 290 g/mol. The third-order valence-electron chi connectivity index (χ3n) is 3.80. The number of nitrogens with zero attached hydrogens (tertiary/aromatic N) is 1. The summed E-state index contributed by atoms with van der Waals surface area (Å²) in [5.41, 5.74) is 1.02. The van der Waals surface area contributed by atoms with E-state index in [0.717, 1.165) is 17.1 Å². The van der Waals surface area contributed by atoms with Gasteiger partial charge in [0, 0.05) is 11.6 Å². The Kier molecular flexibility index (Phi) is 3.35. The van der Waals surface area contributed by atoms with E-state index in [2.05, 4.69) is 0 Å². The molecule has 1 amide bonds. The molecule has 0 saturated carbocycles. The number of benzene rings is 2. The van der Waals surface area contributed by atoms with Gasteiger partial charge >= 0.3 is 0 Å². The van der Waals surface area contributed by atoms with E-state index in [1.54, 1.807) is 4.90 Å². The molecule has 2 aromatic carbocycles. The fraction of sp³-hybridized carbons (Fsp3) is 0.105. The third kappa shape index (κ3) is 2.71. The summed E-state index contributed by atoms with van der Waals surface area (Å²) in [5, 5.41) is 0. The first kappa shape index (κ1) is 13.6. The Bertz CT molecular complexity index is 795. The number of hydrogen-bond donors (Lipinski definition) is 0. The fourth-order valence-electron chi connectivity index (χ4n) is 2.68. The topological polar surface area (TPSA) is 38.8 Å². The Hall–Kier alpha value is -3.01. The van der Waals surface area contributed by atoms with Crippen LogP contribution in [-0.2, 0) is 4.79 Å². The van der Waals surface area contributed by atoms with Gasteiger partial charge in [0.15, 0.2) is 6.23 Å². The molecule has 0 bridgehead atoms. The zero-order chi connectivity index (χ0) is 15.6. The average Bonchev–Trinajstić information content (AvgIpc) is 2.95. The lowest BCUT2D eigenvalue weighted by Gasteiger charge is -2.29. The quantitative estimate of drug-likeness (QED) is 0.874. The largest absolute Gasteiger partial charge is 0.466 e. The minimum atomic E-state index is -0.412. The first-order chi connectivity index (χ1) is 11.3. The monoisotopic (exact) mass is 305 g/mol. The van der Waals surface area contributed by atoms with Crippen molar-refractivity contribution in [1.29, 1.82) is 0 Å². The van der Waals surface area contributed by atoms with Crippen molar-refractivity contribution in [2.24, 2.45) is 0 Å². The van der Waals surface area contributed by atoms with Crippen molar-refractivity contribution in [1.82, 2.24) is 4.90 Å². The van der Waals surface area contributed by atoms with Crippen molar-refractivity contribution in [3.63, 3.8) is 0 Å². The number of carbonyl (C=O) groups is 1. The molecule has 114 valence electrons. The van der Waals surface area contributed by atoms with E-state index in [-0.39, 0.29) is 5.91 Å². The van der Waals surface area contributed by atoms with Gasteiger partial charge in [-0.25, -0.2) is 0 Å². The molecule has 1 atom stereocenters. The number of para-hydroxylation sites is 2. The molecule has 2 aliphatic heterocycles. The van der Waals surface area contributed by atoms with Crippen molar-refractivity contribution < 1.29 is 14.3 Å². The molecule has 0 spiro atoms. The molecular formula is C19H15NO3. The number of amides is 1. The van der Waals surface area contributed by atoms with Gasteiger partial charge in [-0.3, -0.25) is 9.69 Å². The van der Waals surface area contributed by atoms with E-state index in [9.17, 15) is 4.79 Å². The van der Waals surface area contributed by atoms with Crippen LogP contribution < -0.4 is 9.47 Å². The lowest BCUT2D eigenvalue weighted by Crippen LogP contribution is -2.40. The van der Waals surface area contributed by atoms with Crippen molar-refractivity contribution in [3.8, 4) is 11.5 Å². The SMILES string of the molecule is O=C1C=C(Oc2ccccc2)CN1C1C=Cc2ccccc2O1. The molecule has 4 heteroatoms. The van der Waals surface area contributed by atoms with Gasteiger partial charge in [-0.15, -0.1) is 0 Å². The molecule has 4 nitrogen and oxygen atoms in total. The van der Waals surface area contributed by atoms with Crippen molar-refractivity contribution >= 4 is 12.0 Å². The number of fused-ring (bicyclic) bond motifs is 1. The molecule has 0 fully saturated rings. The molecule has 0 aromatic heterocycles. The molecule has 2 aromatic rings. The van der Waals surface area contributed by atoms with Crippen LogP contribution in [0.15, 0.2) is 72.5 Å². The Morgan fingerprint density at radius 3 is 2.70 bits per heavy atom. The summed E-state index contributed by atoms with van der Waals surface area (Å²) in [6.45, 7) is 0.394. The van der Waals surface area contributed by atoms with E-state index >= 15 is 0 Å². The van der Waals surface area contributed by atoms with E-state index in [1.165, 1.54) is 6.08 Å². The van der Waals surface area contributed by atoms with Crippen LogP contribution in [0.2, 0.25) is 0 Å². The normalized spacial score (nSPS) is 19.1. The van der Waals surface area contributed by atoms with Crippen molar-refractivity contribution in [3.05, 3.63) is 78.1 Å². The zero-order valence-corrected chi connectivity index (χ0v) is 12.4. The van der Waals surface area contributed by atoms with Gasteiger partial charge < -0.3 is 9.47 Å². The summed E-state index contributed by atoms with van der Waals surface area (Å²) in [6.07, 6.45) is 4.97. The molecule has 23 heavy (non-hydrogen) atoms. The van der Waals surface area contributed by atoms with Crippen LogP contribution in [0.5, 0.6) is 11.5 Å². The standard InChI is InChI=1S/C19H15NO3/c21-18-12-16(22-15-7-2-1-3-8-15)13-20(18)19-11-10-14-6-4-5-9-17(14)23-19/h1-12,19H,13H2. The van der Waals surface area contributed by atoms with Crippen LogP contribution in [0, 0.1) is 0 Å².